The lowest BCUT2D eigenvalue weighted by Gasteiger charge is -2.05. The number of amides is 1. The van der Waals surface area contributed by atoms with Crippen molar-refractivity contribution in [3.63, 3.8) is 0 Å². The fourth-order valence-electron chi connectivity index (χ4n) is 2.91. The topological polar surface area (TPSA) is 62.7 Å². The lowest BCUT2D eigenvalue weighted by molar-refractivity contribution is 0.0949. The van der Waals surface area contributed by atoms with Gasteiger partial charge in [0.15, 0.2) is 0 Å². The SMILES string of the molecule is CCCCc1ccc(CCNC(=O)c2cc(-c3ccn(C)c3)n[nH]2)cc1. The largest absolute Gasteiger partial charge is 0.357 e. The van der Waals surface area contributed by atoms with Gasteiger partial charge in [0.1, 0.15) is 5.69 Å². The zero-order chi connectivity index (χ0) is 18.4. The minimum absolute atomic E-state index is 0.126. The molecule has 1 amide bonds. The molecule has 5 heteroatoms. The molecular formula is C21H26N4O. The summed E-state index contributed by atoms with van der Waals surface area (Å²) in [5.74, 6) is -0.126. The Bertz CT molecular complexity index is 845. The molecule has 26 heavy (non-hydrogen) atoms. The van der Waals surface area contributed by atoms with Gasteiger partial charge in [-0.1, -0.05) is 37.6 Å². The van der Waals surface area contributed by atoms with E-state index >= 15 is 0 Å². The molecule has 0 fully saturated rings. The van der Waals surface area contributed by atoms with E-state index in [2.05, 4.69) is 46.7 Å². The van der Waals surface area contributed by atoms with Crippen molar-refractivity contribution in [3.05, 3.63) is 65.6 Å². The molecule has 0 spiro atoms. The number of carbonyl (C=O) groups excluding carboxylic acids is 1. The molecular weight excluding hydrogens is 324 g/mol. The first kappa shape index (κ1) is 18.0. The molecule has 0 aliphatic carbocycles. The predicted octanol–water partition coefficient (Wildman–Crippen LogP) is 3.73. The summed E-state index contributed by atoms with van der Waals surface area (Å²) >= 11 is 0. The van der Waals surface area contributed by atoms with E-state index in [-0.39, 0.29) is 5.91 Å². The highest BCUT2D eigenvalue weighted by Crippen LogP contribution is 2.17. The van der Waals surface area contributed by atoms with Gasteiger partial charge in [-0.15, -0.1) is 0 Å². The number of aryl methyl sites for hydroxylation is 2. The van der Waals surface area contributed by atoms with Crippen LogP contribution in [0.4, 0.5) is 0 Å². The summed E-state index contributed by atoms with van der Waals surface area (Å²) in [6.07, 6.45) is 8.33. The molecule has 0 aliphatic heterocycles. The van der Waals surface area contributed by atoms with Crippen molar-refractivity contribution in [2.45, 2.75) is 32.6 Å². The molecule has 2 N–H and O–H groups in total. The van der Waals surface area contributed by atoms with Crippen LogP contribution in [0.2, 0.25) is 0 Å². The number of carbonyl (C=O) groups is 1. The van der Waals surface area contributed by atoms with Gasteiger partial charge >= 0.3 is 0 Å². The van der Waals surface area contributed by atoms with Gasteiger partial charge in [0, 0.05) is 31.5 Å². The Kier molecular flexibility index (Phi) is 5.89. The molecule has 1 aromatic carbocycles. The molecule has 136 valence electrons. The molecule has 0 aliphatic rings. The molecule has 0 unspecified atom stereocenters. The second-order valence-electron chi connectivity index (χ2n) is 6.66. The van der Waals surface area contributed by atoms with Crippen LogP contribution in [0.5, 0.6) is 0 Å². The van der Waals surface area contributed by atoms with Gasteiger partial charge in [0.05, 0.1) is 5.69 Å². The molecule has 2 aromatic heterocycles. The Morgan fingerprint density at radius 1 is 1.15 bits per heavy atom. The summed E-state index contributed by atoms with van der Waals surface area (Å²) in [5.41, 5.74) is 4.87. The van der Waals surface area contributed by atoms with E-state index in [1.165, 1.54) is 24.0 Å². The van der Waals surface area contributed by atoms with E-state index in [9.17, 15) is 4.79 Å². The second-order valence-corrected chi connectivity index (χ2v) is 6.66. The number of H-pyrrole nitrogens is 1. The van der Waals surface area contributed by atoms with Crippen LogP contribution in [0, 0.1) is 0 Å². The molecule has 0 bridgehead atoms. The molecule has 0 radical (unpaired) electrons. The molecule has 0 saturated carbocycles. The molecule has 2 heterocycles. The maximum absolute atomic E-state index is 12.3. The highest BCUT2D eigenvalue weighted by molar-refractivity contribution is 5.93. The number of benzene rings is 1. The van der Waals surface area contributed by atoms with Gasteiger partial charge in [-0.25, -0.2) is 0 Å². The number of unbranched alkanes of at least 4 members (excludes halogenated alkanes) is 1. The third-order valence-corrected chi connectivity index (χ3v) is 4.49. The van der Waals surface area contributed by atoms with Gasteiger partial charge in [-0.2, -0.15) is 5.10 Å². The van der Waals surface area contributed by atoms with Crippen LogP contribution in [0.25, 0.3) is 11.3 Å². The summed E-state index contributed by atoms with van der Waals surface area (Å²) in [4.78, 5) is 12.3. The molecule has 5 nitrogen and oxygen atoms in total. The van der Waals surface area contributed by atoms with E-state index in [1.807, 2.05) is 30.1 Å². The smallest absolute Gasteiger partial charge is 0.269 e. The van der Waals surface area contributed by atoms with Crippen LogP contribution in [0.1, 0.15) is 41.4 Å². The Morgan fingerprint density at radius 2 is 1.88 bits per heavy atom. The van der Waals surface area contributed by atoms with Crippen molar-refractivity contribution < 1.29 is 4.79 Å². The van der Waals surface area contributed by atoms with Gasteiger partial charge in [-0.3, -0.25) is 9.89 Å². The molecule has 3 aromatic rings. The minimum atomic E-state index is -0.126. The Hall–Kier alpha value is -2.82. The van der Waals surface area contributed by atoms with Crippen LogP contribution in [0.3, 0.4) is 0 Å². The normalized spacial score (nSPS) is 10.8. The first-order chi connectivity index (χ1) is 12.7. The van der Waals surface area contributed by atoms with E-state index in [0.29, 0.717) is 12.2 Å². The fraction of sp³-hybridized carbons (Fsp3) is 0.333. The summed E-state index contributed by atoms with van der Waals surface area (Å²) < 4.78 is 1.96. The van der Waals surface area contributed by atoms with Gasteiger partial charge in [0.25, 0.3) is 5.91 Å². The summed E-state index contributed by atoms with van der Waals surface area (Å²) in [5, 5.41) is 9.99. The van der Waals surface area contributed by atoms with Crippen molar-refractivity contribution in [1.29, 1.82) is 0 Å². The number of hydrogen-bond acceptors (Lipinski definition) is 2. The summed E-state index contributed by atoms with van der Waals surface area (Å²) in [6.45, 7) is 2.81. The number of hydrogen-bond donors (Lipinski definition) is 2. The van der Waals surface area contributed by atoms with Gasteiger partial charge in [0.2, 0.25) is 0 Å². The maximum Gasteiger partial charge on any atom is 0.269 e. The first-order valence-electron chi connectivity index (χ1n) is 9.19. The van der Waals surface area contributed by atoms with Crippen LogP contribution in [0.15, 0.2) is 48.8 Å². The van der Waals surface area contributed by atoms with E-state index in [0.717, 1.165) is 24.1 Å². The average molecular weight is 350 g/mol. The van der Waals surface area contributed by atoms with Crippen molar-refractivity contribution >= 4 is 5.91 Å². The zero-order valence-electron chi connectivity index (χ0n) is 15.5. The fourth-order valence-corrected chi connectivity index (χ4v) is 2.91. The standard InChI is InChI=1S/C21H26N4O/c1-3-4-5-16-6-8-17(9-7-16)10-12-22-21(26)20-14-19(23-24-20)18-11-13-25(2)15-18/h6-9,11,13-15H,3-5,10,12H2,1-2H3,(H,22,26)(H,23,24). The predicted molar refractivity (Wildman–Crippen MR) is 104 cm³/mol. The number of aromatic amines is 1. The van der Waals surface area contributed by atoms with Crippen molar-refractivity contribution in [1.82, 2.24) is 20.1 Å². The average Bonchev–Trinajstić information content (AvgIpc) is 3.30. The highest BCUT2D eigenvalue weighted by Gasteiger charge is 2.11. The summed E-state index contributed by atoms with van der Waals surface area (Å²) in [7, 11) is 1.96. The minimum Gasteiger partial charge on any atom is -0.357 e. The molecule has 0 saturated heterocycles. The zero-order valence-corrected chi connectivity index (χ0v) is 15.5. The number of rotatable bonds is 8. The van der Waals surface area contributed by atoms with Gasteiger partial charge < -0.3 is 9.88 Å². The van der Waals surface area contributed by atoms with Crippen LogP contribution < -0.4 is 5.32 Å². The summed E-state index contributed by atoms with van der Waals surface area (Å²) in [6, 6.07) is 12.4. The van der Waals surface area contributed by atoms with Crippen molar-refractivity contribution in [2.24, 2.45) is 7.05 Å². The van der Waals surface area contributed by atoms with E-state index in [4.69, 9.17) is 0 Å². The van der Waals surface area contributed by atoms with Crippen LogP contribution in [-0.4, -0.2) is 27.2 Å². The van der Waals surface area contributed by atoms with Crippen molar-refractivity contribution in [2.75, 3.05) is 6.54 Å². The lowest BCUT2D eigenvalue weighted by atomic mass is 10.0. The van der Waals surface area contributed by atoms with Crippen molar-refractivity contribution in [3.8, 4) is 11.3 Å². The van der Waals surface area contributed by atoms with E-state index < -0.39 is 0 Å². The maximum atomic E-state index is 12.3. The lowest BCUT2D eigenvalue weighted by Crippen LogP contribution is -2.26. The number of nitrogens with zero attached hydrogens (tertiary/aromatic N) is 2. The number of aromatic nitrogens is 3. The monoisotopic (exact) mass is 350 g/mol. The third kappa shape index (κ3) is 4.63. The Labute approximate surface area is 154 Å². The highest BCUT2D eigenvalue weighted by atomic mass is 16.1. The molecule has 3 rings (SSSR count). The third-order valence-electron chi connectivity index (χ3n) is 4.49. The Morgan fingerprint density at radius 3 is 2.54 bits per heavy atom. The van der Waals surface area contributed by atoms with Crippen LogP contribution >= 0.6 is 0 Å². The quantitative estimate of drug-likeness (QED) is 0.650. The second kappa shape index (κ2) is 8.52. The van der Waals surface area contributed by atoms with E-state index in [1.54, 1.807) is 6.07 Å². The first-order valence-corrected chi connectivity index (χ1v) is 9.19. The van der Waals surface area contributed by atoms with Gasteiger partial charge in [-0.05, 0) is 42.5 Å². The number of nitrogens with one attached hydrogen (secondary N) is 2. The van der Waals surface area contributed by atoms with Crippen LogP contribution in [-0.2, 0) is 19.9 Å². The Balaban J connectivity index is 1.49. The molecule has 0 atom stereocenters.